The third kappa shape index (κ3) is 3.73. The Kier molecular flexibility index (Phi) is 5.34. The van der Waals surface area contributed by atoms with Crippen molar-refractivity contribution in [2.45, 2.75) is 23.2 Å². The van der Waals surface area contributed by atoms with Gasteiger partial charge >= 0.3 is 0 Å². The monoisotopic (exact) mass is 453 g/mol. The number of nitrogens with one attached hydrogen (secondary N) is 1. The smallest absolute Gasteiger partial charge is 0.279 e. The van der Waals surface area contributed by atoms with E-state index < -0.39 is 11.5 Å². The highest BCUT2D eigenvalue weighted by molar-refractivity contribution is 7.98. The lowest BCUT2D eigenvalue weighted by Gasteiger charge is -2.28. The summed E-state index contributed by atoms with van der Waals surface area (Å²) in [5.41, 5.74) is 1.33. The normalized spacial score (nSPS) is 16.9. The molecule has 0 fully saturated rings. The van der Waals surface area contributed by atoms with Crippen LogP contribution in [-0.2, 0) is 17.6 Å². The number of rotatable bonds is 4. The predicted molar refractivity (Wildman–Crippen MR) is 118 cm³/mol. The van der Waals surface area contributed by atoms with Crippen molar-refractivity contribution in [2.75, 3.05) is 18.5 Å². The molecule has 5 rings (SSSR count). The summed E-state index contributed by atoms with van der Waals surface area (Å²) >= 11 is 1.24. The third-order valence-electron chi connectivity index (χ3n) is 5.58. The van der Waals surface area contributed by atoms with Crippen LogP contribution < -0.4 is 20.3 Å². The first-order valence-electron chi connectivity index (χ1n) is 10.2. The topological polar surface area (TPSA) is 82.5 Å². The van der Waals surface area contributed by atoms with Gasteiger partial charge in [-0.2, -0.15) is 4.98 Å². The molecule has 0 radical (unpaired) electrons. The number of thioether (sulfide) groups is 1. The number of nitrogens with zero attached hydrogens (tertiary/aromatic N) is 2. The summed E-state index contributed by atoms with van der Waals surface area (Å²) in [5.74, 6) is 1.02. The van der Waals surface area contributed by atoms with E-state index in [2.05, 4.69) is 10.3 Å². The molecule has 32 heavy (non-hydrogen) atoms. The first-order chi connectivity index (χ1) is 15.5. The molecule has 1 amide bonds. The molecule has 0 spiro atoms. The minimum atomic E-state index is -0.452. The van der Waals surface area contributed by atoms with Gasteiger partial charge in [-0.1, -0.05) is 36.0 Å². The Balaban J connectivity index is 1.51. The maximum Gasteiger partial charge on any atom is 0.279 e. The Bertz CT molecular complexity index is 1280. The van der Waals surface area contributed by atoms with Crippen LogP contribution in [0, 0.1) is 5.82 Å². The van der Waals surface area contributed by atoms with Crippen molar-refractivity contribution in [1.82, 2.24) is 9.55 Å². The lowest BCUT2D eigenvalue weighted by molar-refractivity contribution is -0.116. The van der Waals surface area contributed by atoms with Gasteiger partial charge in [-0.05, 0) is 29.3 Å². The number of benzene rings is 2. The average Bonchev–Trinajstić information content (AvgIpc) is 2.80. The Morgan fingerprint density at radius 3 is 2.75 bits per heavy atom. The zero-order valence-electron chi connectivity index (χ0n) is 17.3. The van der Waals surface area contributed by atoms with Crippen molar-refractivity contribution >= 4 is 23.5 Å². The second-order valence-electron chi connectivity index (χ2n) is 7.61. The van der Waals surface area contributed by atoms with Crippen molar-refractivity contribution in [1.29, 1.82) is 0 Å². The minimum absolute atomic E-state index is 0.130. The second-order valence-corrected chi connectivity index (χ2v) is 8.55. The Labute approximate surface area is 187 Å². The van der Waals surface area contributed by atoms with E-state index in [-0.39, 0.29) is 18.1 Å². The van der Waals surface area contributed by atoms with Gasteiger partial charge in [-0.25, -0.2) is 4.39 Å². The van der Waals surface area contributed by atoms with E-state index in [0.29, 0.717) is 52.6 Å². The Morgan fingerprint density at radius 2 is 1.94 bits per heavy atom. The van der Waals surface area contributed by atoms with Gasteiger partial charge in [-0.15, -0.1) is 0 Å². The highest BCUT2D eigenvalue weighted by Gasteiger charge is 2.33. The molecular formula is C23H20FN3O4S. The van der Waals surface area contributed by atoms with Crippen LogP contribution in [0.2, 0.25) is 0 Å². The zero-order valence-corrected chi connectivity index (χ0v) is 18.1. The first-order valence-corrected chi connectivity index (χ1v) is 11.2. The highest BCUT2D eigenvalue weighted by atomic mass is 32.2. The first kappa shape index (κ1) is 20.6. The zero-order chi connectivity index (χ0) is 22.2. The Hall–Kier alpha value is -3.33. The van der Waals surface area contributed by atoms with Crippen molar-refractivity contribution in [3.63, 3.8) is 0 Å². The van der Waals surface area contributed by atoms with Crippen LogP contribution in [0.3, 0.4) is 0 Å². The number of carbonyl (C=O) groups excluding carboxylic acids is 1. The van der Waals surface area contributed by atoms with E-state index in [1.807, 2.05) is 12.1 Å². The molecule has 1 unspecified atom stereocenters. The number of fused-ring (bicyclic) bond motifs is 2. The highest BCUT2D eigenvalue weighted by Crippen LogP contribution is 2.40. The fraction of sp³-hybridized carbons (Fsp3) is 0.261. The molecule has 1 aromatic heterocycles. The van der Waals surface area contributed by atoms with Gasteiger partial charge in [-0.3, -0.25) is 9.59 Å². The molecule has 2 aliphatic heterocycles. The average molecular weight is 453 g/mol. The fourth-order valence-corrected chi connectivity index (χ4v) is 4.93. The van der Waals surface area contributed by atoms with Gasteiger partial charge in [0.2, 0.25) is 5.91 Å². The number of hydrogen-bond acceptors (Lipinski definition) is 6. The van der Waals surface area contributed by atoms with Crippen molar-refractivity contribution < 1.29 is 18.7 Å². The Morgan fingerprint density at radius 1 is 1.16 bits per heavy atom. The second kappa shape index (κ2) is 8.31. The lowest BCUT2D eigenvalue weighted by atomic mass is 9.86. The fourth-order valence-electron chi connectivity index (χ4n) is 3.98. The predicted octanol–water partition coefficient (Wildman–Crippen LogP) is 3.46. The summed E-state index contributed by atoms with van der Waals surface area (Å²) in [4.78, 5) is 29.9. The SMILES string of the molecule is Cn1c(SCc2ccccc2F)nc(=O)c2c1NC(=O)CC2c1ccc2c(c1)OCCO2. The van der Waals surface area contributed by atoms with Crippen LogP contribution in [-0.4, -0.2) is 28.7 Å². The van der Waals surface area contributed by atoms with Gasteiger partial charge in [0.15, 0.2) is 16.7 Å². The molecule has 0 aliphatic carbocycles. The van der Waals surface area contributed by atoms with E-state index in [9.17, 15) is 14.0 Å². The minimum Gasteiger partial charge on any atom is -0.486 e. The number of carbonyl (C=O) groups is 1. The molecular weight excluding hydrogens is 433 g/mol. The molecule has 0 saturated heterocycles. The standard InChI is InChI=1S/C23H20FN3O4S/c1-27-21-20(22(29)26-23(27)32-12-14-4-2-3-5-16(14)24)15(11-19(28)25-21)13-6-7-17-18(10-13)31-9-8-30-17/h2-7,10,15H,8-9,11-12H2,1H3,(H,25,28). The summed E-state index contributed by atoms with van der Waals surface area (Å²) in [7, 11) is 1.74. The van der Waals surface area contributed by atoms with Crippen LogP contribution >= 0.6 is 11.8 Å². The van der Waals surface area contributed by atoms with E-state index in [1.54, 1.807) is 35.9 Å². The molecule has 2 aromatic carbocycles. The van der Waals surface area contributed by atoms with E-state index in [1.165, 1.54) is 17.8 Å². The summed E-state index contributed by atoms with van der Waals surface area (Å²) in [6.07, 6.45) is 0.130. The van der Waals surface area contributed by atoms with Crippen LogP contribution in [0.1, 0.15) is 29.0 Å². The van der Waals surface area contributed by atoms with Crippen LogP contribution in [0.4, 0.5) is 10.2 Å². The largest absolute Gasteiger partial charge is 0.486 e. The van der Waals surface area contributed by atoms with Crippen molar-refractivity contribution in [2.24, 2.45) is 7.05 Å². The summed E-state index contributed by atoms with van der Waals surface area (Å²) in [5, 5.41) is 3.22. The van der Waals surface area contributed by atoms with Crippen molar-refractivity contribution in [3.8, 4) is 11.5 Å². The van der Waals surface area contributed by atoms with E-state index >= 15 is 0 Å². The number of aromatic nitrogens is 2. The molecule has 164 valence electrons. The van der Waals surface area contributed by atoms with E-state index in [0.717, 1.165) is 5.56 Å². The number of amides is 1. The number of ether oxygens (including phenoxy) is 2. The van der Waals surface area contributed by atoms with Crippen LogP contribution in [0.5, 0.6) is 11.5 Å². The number of halogens is 1. The summed E-state index contributed by atoms with van der Waals surface area (Å²) < 4.78 is 26.9. The molecule has 3 heterocycles. The van der Waals surface area contributed by atoms with Gasteiger partial charge in [0.25, 0.3) is 5.56 Å². The molecule has 3 aromatic rings. The number of anilines is 1. The van der Waals surface area contributed by atoms with Crippen LogP contribution in [0.25, 0.3) is 0 Å². The summed E-state index contributed by atoms with van der Waals surface area (Å²) in [6.45, 7) is 0.933. The quantitative estimate of drug-likeness (QED) is 0.481. The molecule has 2 aliphatic rings. The van der Waals surface area contributed by atoms with Gasteiger partial charge < -0.3 is 19.4 Å². The molecule has 1 N–H and O–H groups in total. The van der Waals surface area contributed by atoms with Gasteiger partial charge in [0.1, 0.15) is 24.8 Å². The number of hydrogen-bond donors (Lipinski definition) is 1. The molecule has 9 heteroatoms. The molecule has 0 saturated carbocycles. The molecule has 1 atom stereocenters. The van der Waals surface area contributed by atoms with Gasteiger partial charge in [0, 0.05) is 25.1 Å². The third-order valence-corrected chi connectivity index (χ3v) is 6.66. The maximum atomic E-state index is 14.0. The molecule has 0 bridgehead atoms. The van der Waals surface area contributed by atoms with Crippen molar-refractivity contribution in [3.05, 3.63) is 75.3 Å². The summed E-state index contributed by atoms with van der Waals surface area (Å²) in [6, 6.07) is 11.9. The maximum absolute atomic E-state index is 14.0. The van der Waals surface area contributed by atoms with E-state index in [4.69, 9.17) is 9.47 Å². The van der Waals surface area contributed by atoms with Crippen LogP contribution in [0.15, 0.2) is 52.4 Å². The molecule has 7 nitrogen and oxygen atoms in total. The lowest BCUT2D eigenvalue weighted by Crippen LogP contribution is -2.33. The van der Waals surface area contributed by atoms with Gasteiger partial charge in [0.05, 0.1) is 5.56 Å².